The highest BCUT2D eigenvalue weighted by Gasteiger charge is 2.35. The van der Waals surface area contributed by atoms with Crippen molar-refractivity contribution in [3.63, 3.8) is 0 Å². The molecule has 0 heterocycles. The van der Waals surface area contributed by atoms with Crippen LogP contribution in [-0.2, 0) is 28.5 Å². The first-order valence-electron chi connectivity index (χ1n) is 25.2. The number of carbonyl (C=O) groups is 2. The Labute approximate surface area is 447 Å². The Morgan fingerprint density at radius 1 is 0.600 bits per heavy atom. The minimum Gasteiger partial charge on any atom is -0.511 e. The van der Waals surface area contributed by atoms with Crippen LogP contribution in [0.3, 0.4) is 0 Å². The van der Waals surface area contributed by atoms with Crippen LogP contribution < -0.4 is 0 Å². The van der Waals surface area contributed by atoms with Gasteiger partial charge in [-0.1, -0.05) is 135 Å². The van der Waals surface area contributed by atoms with Gasteiger partial charge in [-0.05, 0) is 121 Å². The molecule has 3 aromatic carbocycles. The maximum Gasteiger partial charge on any atom is 0.302 e. The van der Waals surface area contributed by atoms with Crippen LogP contribution >= 0.6 is 0 Å². The molecule has 0 saturated heterocycles. The quantitative estimate of drug-likeness (QED) is 0.111. The minimum absolute atomic E-state index is 0.0212. The monoisotopic (exact) mass is 1030 g/mol. The van der Waals surface area contributed by atoms with E-state index >= 15 is 0 Å². The van der Waals surface area contributed by atoms with Gasteiger partial charge in [-0.2, -0.15) is 0 Å². The van der Waals surface area contributed by atoms with Crippen LogP contribution in [0.5, 0.6) is 11.5 Å². The Morgan fingerprint density at radius 3 is 1.61 bits per heavy atom. The third-order valence-corrected chi connectivity index (χ3v) is 13.2. The smallest absolute Gasteiger partial charge is 0.302 e. The summed E-state index contributed by atoms with van der Waals surface area (Å²) < 4.78 is 19.9. The summed E-state index contributed by atoms with van der Waals surface area (Å²) in [5.41, 5.74) is 7.60. The zero-order valence-corrected chi connectivity index (χ0v) is 47.2. The van der Waals surface area contributed by atoms with Gasteiger partial charge in [0.25, 0.3) is 0 Å². The summed E-state index contributed by atoms with van der Waals surface area (Å²) in [6.07, 6.45) is 19.8. The number of aromatic hydroxyl groups is 2. The summed E-state index contributed by atoms with van der Waals surface area (Å²) in [5.74, 6) is 1.16. The number of carbonyl (C=O) groups excluding carboxylic acids is 2. The Hall–Kier alpha value is -6.60. The largest absolute Gasteiger partial charge is 0.511 e. The van der Waals surface area contributed by atoms with E-state index in [2.05, 4.69) is 45.1 Å². The second kappa shape index (κ2) is 30.1. The summed E-state index contributed by atoms with van der Waals surface area (Å²) in [4.78, 5) is 21.6. The van der Waals surface area contributed by atoms with Gasteiger partial charge in [-0.15, -0.1) is 0 Å². The average Bonchev–Trinajstić information content (AvgIpc) is 3.34. The number of benzene rings is 3. The third kappa shape index (κ3) is 20.9. The molecule has 0 bridgehead atoms. The van der Waals surface area contributed by atoms with Crippen molar-refractivity contribution in [2.45, 2.75) is 115 Å². The molecule has 0 spiro atoms. The van der Waals surface area contributed by atoms with Crippen molar-refractivity contribution in [3.8, 4) is 22.6 Å². The highest BCUT2D eigenvalue weighted by atomic mass is 16.5. The van der Waals surface area contributed by atoms with Crippen LogP contribution in [0.1, 0.15) is 105 Å². The van der Waals surface area contributed by atoms with Crippen LogP contribution in [0.25, 0.3) is 11.1 Å². The van der Waals surface area contributed by atoms with Gasteiger partial charge < -0.3 is 49.6 Å². The zero-order chi connectivity index (χ0) is 56.7. The minimum atomic E-state index is -0.657. The van der Waals surface area contributed by atoms with Crippen molar-refractivity contribution in [3.05, 3.63) is 178 Å². The summed E-state index contributed by atoms with van der Waals surface area (Å²) in [6.45, 7) is 25.4. The molecule has 6 N–H and O–H groups in total. The SMILES string of the molecule is CC(=O)OCC1=C(O)C(C)(COC(C)=O)CC=C1.CC1=C(O)C(C)(C)CC=C1.CC1=CC(C)C(C)(O)C=C1.COCC1=C(O)C(C)(COC)CC=C1.Cc1ccc(O)cc1.Cc1ccccc1-c1cccc(O)c1C. The summed E-state index contributed by atoms with van der Waals surface area (Å²) >= 11 is 0. The molecular formula is C63H86O12. The van der Waals surface area contributed by atoms with E-state index in [1.807, 2.05) is 121 Å². The number of aliphatic hydroxyl groups excluding tert-OH is 3. The van der Waals surface area contributed by atoms with Crippen molar-refractivity contribution in [1.82, 2.24) is 0 Å². The standard InChI is InChI=1S/C14H14O.C13H18O5.C11H18O3.2C9H14O.C7H8O/c1-10-6-3-4-7-12(10)13-8-5-9-14(15)11(13)2;1-9(14)17-7-11-5-4-6-13(3,12(11)16)8-18-10(2)15;1-11(8-14-3)6-4-5-9(7-13-2)10(11)12;1-7-4-5-9(3,10)8(2)6-7;1-7-5-4-6-9(2,3)8(7)10;1-6-2-4-7(8)5-3-6/h3-9,15H,1-2H3;4-5,16H,6-8H2,1-3H3;4-5,12H,6-8H2,1-3H3;4-6,8,10H,1-3H3;4-5,10H,6H2,1-3H3;2-5,8H,1H3. The number of hydrogen-bond acceptors (Lipinski definition) is 12. The molecule has 4 atom stereocenters. The maximum absolute atomic E-state index is 10.8. The lowest BCUT2D eigenvalue weighted by molar-refractivity contribution is -0.144. The van der Waals surface area contributed by atoms with E-state index < -0.39 is 17.0 Å². The van der Waals surface area contributed by atoms with Gasteiger partial charge in [-0.3, -0.25) is 9.59 Å². The molecule has 0 amide bonds. The Balaban J connectivity index is 0.000000314. The first-order valence-corrected chi connectivity index (χ1v) is 25.2. The Bertz CT molecular complexity index is 2580. The fourth-order valence-electron chi connectivity index (χ4n) is 8.10. The number of methoxy groups -OCH3 is 2. The number of ether oxygens (including phenoxy) is 4. The third-order valence-electron chi connectivity index (χ3n) is 13.2. The second-order valence-electron chi connectivity index (χ2n) is 20.9. The van der Waals surface area contributed by atoms with E-state index in [1.54, 1.807) is 45.4 Å². The van der Waals surface area contributed by atoms with Crippen LogP contribution in [0.15, 0.2) is 161 Å². The topological polar surface area (TPSA) is 192 Å². The summed E-state index contributed by atoms with van der Waals surface area (Å²) in [6, 6.07) is 20.9. The lowest BCUT2D eigenvalue weighted by atomic mass is 9.80. The fraction of sp³-hybridized carbons (Fsp3) is 0.429. The first kappa shape index (κ1) is 64.5. The number of hydrogen-bond donors (Lipinski definition) is 6. The zero-order valence-electron chi connectivity index (χ0n) is 47.2. The molecule has 0 fully saturated rings. The highest BCUT2D eigenvalue weighted by Crippen LogP contribution is 2.38. The number of phenols is 2. The molecule has 3 aromatic rings. The molecule has 7 rings (SSSR count). The van der Waals surface area contributed by atoms with E-state index in [0.29, 0.717) is 48.2 Å². The van der Waals surface area contributed by atoms with Gasteiger partial charge in [-0.25, -0.2) is 0 Å². The van der Waals surface area contributed by atoms with E-state index in [9.17, 15) is 35.1 Å². The molecule has 12 heteroatoms. The van der Waals surface area contributed by atoms with Crippen LogP contribution in [0.2, 0.25) is 0 Å². The number of esters is 2. The molecule has 410 valence electrons. The fourth-order valence-corrected chi connectivity index (χ4v) is 8.10. The van der Waals surface area contributed by atoms with Gasteiger partial charge in [0.2, 0.25) is 0 Å². The van der Waals surface area contributed by atoms with Crippen LogP contribution in [0.4, 0.5) is 0 Å². The summed E-state index contributed by atoms with van der Waals surface area (Å²) in [5, 5.41) is 57.8. The Morgan fingerprint density at radius 2 is 1.13 bits per heavy atom. The molecule has 0 saturated carbocycles. The number of phenolic OH excluding ortho intramolecular Hbond substituents is 2. The van der Waals surface area contributed by atoms with Crippen molar-refractivity contribution in [2.24, 2.45) is 22.2 Å². The molecular weight excluding hydrogens is 949 g/mol. The molecule has 12 nitrogen and oxygen atoms in total. The highest BCUT2D eigenvalue weighted by molar-refractivity contribution is 5.72. The van der Waals surface area contributed by atoms with Crippen molar-refractivity contribution in [1.29, 1.82) is 0 Å². The maximum atomic E-state index is 10.8. The van der Waals surface area contributed by atoms with E-state index in [-0.39, 0.29) is 41.7 Å². The molecule has 0 aromatic heterocycles. The first-order chi connectivity index (χ1) is 35.0. The number of aliphatic hydroxyl groups is 4. The van der Waals surface area contributed by atoms with Gasteiger partial charge in [0.05, 0.1) is 29.6 Å². The van der Waals surface area contributed by atoms with Crippen molar-refractivity contribution < 1.29 is 59.2 Å². The van der Waals surface area contributed by atoms with E-state index in [0.717, 1.165) is 35.1 Å². The number of aryl methyl sites for hydroxylation is 2. The number of rotatable bonds is 9. The van der Waals surface area contributed by atoms with Gasteiger partial charge in [0.15, 0.2) is 0 Å². The Kier molecular flexibility index (Phi) is 25.9. The molecule has 4 aliphatic rings. The molecule has 0 aliphatic heterocycles. The lowest BCUT2D eigenvalue weighted by Crippen LogP contribution is -2.30. The molecule has 4 unspecified atom stereocenters. The summed E-state index contributed by atoms with van der Waals surface area (Å²) in [7, 11) is 3.27. The van der Waals surface area contributed by atoms with Gasteiger partial charge >= 0.3 is 11.9 Å². The predicted molar refractivity (Wildman–Crippen MR) is 301 cm³/mol. The molecule has 0 radical (unpaired) electrons. The predicted octanol–water partition coefficient (Wildman–Crippen LogP) is 14.0. The van der Waals surface area contributed by atoms with E-state index in [4.69, 9.17) is 24.1 Å². The van der Waals surface area contributed by atoms with Gasteiger partial charge in [0, 0.05) is 50.5 Å². The van der Waals surface area contributed by atoms with Crippen LogP contribution in [-0.4, -0.2) is 88.8 Å². The van der Waals surface area contributed by atoms with Gasteiger partial charge in [0.1, 0.15) is 42.0 Å². The van der Waals surface area contributed by atoms with Crippen LogP contribution in [0, 0.1) is 42.9 Å². The lowest BCUT2D eigenvalue weighted by Gasteiger charge is -2.31. The van der Waals surface area contributed by atoms with E-state index in [1.165, 1.54) is 36.1 Å². The van der Waals surface area contributed by atoms with Crippen molar-refractivity contribution >= 4 is 11.9 Å². The number of allylic oxidation sites excluding steroid dienone is 8. The normalized spacial score (nSPS) is 22.0. The molecule has 75 heavy (non-hydrogen) atoms. The second-order valence-corrected chi connectivity index (χ2v) is 20.9. The van der Waals surface area contributed by atoms with Crippen molar-refractivity contribution in [2.75, 3.05) is 40.6 Å². The average molecular weight is 1040 g/mol. The molecule has 4 aliphatic carbocycles.